The van der Waals surface area contributed by atoms with Gasteiger partial charge in [-0.3, -0.25) is 4.79 Å². The number of amides is 1. The molecular weight excluding hydrogens is 347 g/mol. The molecule has 1 heterocycles. The number of nitrogens with one attached hydrogen (secondary N) is 1. The van der Waals surface area contributed by atoms with E-state index in [0.29, 0.717) is 24.6 Å². The molecule has 1 unspecified atom stereocenters. The first-order valence-corrected chi connectivity index (χ1v) is 9.90. The molecule has 1 aliphatic heterocycles. The summed E-state index contributed by atoms with van der Waals surface area (Å²) in [4.78, 5) is 12.3. The summed E-state index contributed by atoms with van der Waals surface area (Å²) >= 11 is 0. The van der Waals surface area contributed by atoms with Crippen LogP contribution >= 0.6 is 0 Å². The van der Waals surface area contributed by atoms with Crippen LogP contribution in [-0.4, -0.2) is 51.0 Å². The quantitative estimate of drug-likeness (QED) is 0.827. The fourth-order valence-corrected chi connectivity index (χ4v) is 4.55. The fraction of sp³-hybridized carbons (Fsp3) is 0.588. The van der Waals surface area contributed by atoms with Crippen LogP contribution in [0.15, 0.2) is 29.2 Å². The second-order valence-electron chi connectivity index (χ2n) is 6.74. The average molecular weight is 370 g/mol. The van der Waals surface area contributed by atoms with E-state index in [1.807, 2.05) is 0 Å². The summed E-state index contributed by atoms with van der Waals surface area (Å²) in [5.74, 6) is 0.143. The zero-order chi connectivity index (χ0) is 18.1. The van der Waals surface area contributed by atoms with E-state index in [1.54, 1.807) is 12.1 Å². The van der Waals surface area contributed by atoms with Crippen LogP contribution in [0.1, 0.15) is 25.7 Å². The van der Waals surface area contributed by atoms with Crippen LogP contribution in [0.5, 0.6) is 5.75 Å². The Balaban J connectivity index is 1.75. The Morgan fingerprint density at radius 1 is 1.44 bits per heavy atom. The van der Waals surface area contributed by atoms with Crippen molar-refractivity contribution in [2.75, 3.05) is 26.7 Å². The number of hydrogen-bond donors (Lipinski definition) is 1. The van der Waals surface area contributed by atoms with Gasteiger partial charge in [-0.1, -0.05) is 6.07 Å². The van der Waals surface area contributed by atoms with E-state index >= 15 is 4.39 Å². The molecule has 3 rings (SSSR count). The molecule has 1 saturated heterocycles. The van der Waals surface area contributed by atoms with Gasteiger partial charge < -0.3 is 10.1 Å². The molecule has 1 amide bonds. The predicted molar refractivity (Wildman–Crippen MR) is 90.6 cm³/mol. The number of ether oxygens (including phenoxy) is 1. The number of carbonyl (C=O) groups is 1. The van der Waals surface area contributed by atoms with Crippen LogP contribution in [0.25, 0.3) is 0 Å². The zero-order valence-electron chi connectivity index (χ0n) is 14.2. The third-order valence-electron chi connectivity index (χ3n) is 4.74. The molecule has 1 aliphatic carbocycles. The zero-order valence-corrected chi connectivity index (χ0v) is 15.0. The minimum atomic E-state index is -3.88. The Labute approximate surface area is 147 Å². The van der Waals surface area contributed by atoms with Crippen molar-refractivity contribution in [3.8, 4) is 5.75 Å². The first-order chi connectivity index (χ1) is 11.8. The molecule has 2 aliphatic rings. The van der Waals surface area contributed by atoms with E-state index in [1.165, 1.54) is 19.2 Å². The van der Waals surface area contributed by atoms with Crippen molar-refractivity contribution in [3.63, 3.8) is 0 Å². The summed E-state index contributed by atoms with van der Waals surface area (Å²) in [7, 11) is -2.44. The predicted octanol–water partition coefficient (Wildman–Crippen LogP) is 1.71. The lowest BCUT2D eigenvalue weighted by Gasteiger charge is -2.35. The van der Waals surface area contributed by atoms with Crippen molar-refractivity contribution in [2.24, 2.45) is 5.92 Å². The maximum absolute atomic E-state index is 15.1. The maximum atomic E-state index is 15.1. The summed E-state index contributed by atoms with van der Waals surface area (Å²) in [6, 6.07) is 6.05. The van der Waals surface area contributed by atoms with E-state index in [9.17, 15) is 13.2 Å². The minimum absolute atomic E-state index is 0.0353. The lowest BCUT2D eigenvalue weighted by Crippen LogP contribution is -2.55. The molecule has 8 heteroatoms. The first-order valence-electron chi connectivity index (χ1n) is 8.46. The second-order valence-corrected chi connectivity index (χ2v) is 8.68. The molecule has 1 N–H and O–H groups in total. The number of rotatable bonds is 6. The molecule has 25 heavy (non-hydrogen) atoms. The molecule has 1 aromatic rings. The minimum Gasteiger partial charge on any atom is -0.497 e. The van der Waals surface area contributed by atoms with Crippen LogP contribution in [0.3, 0.4) is 0 Å². The lowest BCUT2D eigenvalue weighted by atomic mass is 9.95. The van der Waals surface area contributed by atoms with Gasteiger partial charge >= 0.3 is 0 Å². The van der Waals surface area contributed by atoms with Crippen LogP contribution in [0.4, 0.5) is 4.39 Å². The highest BCUT2D eigenvalue weighted by molar-refractivity contribution is 7.89. The van der Waals surface area contributed by atoms with Crippen LogP contribution < -0.4 is 10.1 Å². The number of piperidine rings is 1. The van der Waals surface area contributed by atoms with Gasteiger partial charge in [-0.25, -0.2) is 12.8 Å². The van der Waals surface area contributed by atoms with Crippen LogP contribution in [-0.2, 0) is 14.8 Å². The van der Waals surface area contributed by atoms with E-state index in [4.69, 9.17) is 4.74 Å². The molecule has 0 bridgehead atoms. The third kappa shape index (κ3) is 3.95. The number of sulfonamides is 1. The molecule has 1 saturated carbocycles. The molecule has 6 nitrogen and oxygen atoms in total. The standard InChI is InChI=1S/C17H23FN2O4S/c1-24-14-4-2-5-15(10-14)25(22,23)20-9-3-8-17(18,12-20)16(21)19-11-13-6-7-13/h2,4-5,10,13H,3,6-9,11-12H2,1H3,(H,19,21). The molecule has 2 fully saturated rings. The Hall–Kier alpha value is -1.67. The Kier molecular flexibility index (Phi) is 5.02. The Bertz CT molecular complexity index is 751. The smallest absolute Gasteiger partial charge is 0.259 e. The summed E-state index contributed by atoms with van der Waals surface area (Å²) in [5, 5.41) is 2.63. The molecule has 1 atom stereocenters. The summed E-state index contributed by atoms with van der Waals surface area (Å²) in [6.45, 7) is 0.206. The van der Waals surface area contributed by atoms with Crippen LogP contribution in [0, 0.1) is 5.92 Å². The van der Waals surface area contributed by atoms with E-state index in [2.05, 4.69) is 5.32 Å². The normalized spacial score (nSPS) is 24.7. The summed E-state index contributed by atoms with van der Waals surface area (Å²) in [5.41, 5.74) is -2.18. The molecule has 1 aromatic carbocycles. The topological polar surface area (TPSA) is 75.7 Å². The van der Waals surface area contributed by atoms with Gasteiger partial charge in [-0.05, 0) is 43.7 Å². The number of carbonyl (C=O) groups excluding carboxylic acids is 1. The van der Waals surface area contributed by atoms with Crippen molar-refractivity contribution < 1.29 is 22.3 Å². The highest BCUT2D eigenvalue weighted by Gasteiger charge is 2.46. The molecule has 0 spiro atoms. The van der Waals surface area contributed by atoms with Crippen molar-refractivity contribution in [3.05, 3.63) is 24.3 Å². The fourth-order valence-electron chi connectivity index (χ4n) is 2.99. The van der Waals surface area contributed by atoms with E-state index in [-0.39, 0.29) is 17.9 Å². The monoisotopic (exact) mass is 370 g/mol. The van der Waals surface area contributed by atoms with Gasteiger partial charge in [0.25, 0.3) is 5.91 Å². The number of alkyl halides is 1. The number of hydrogen-bond acceptors (Lipinski definition) is 4. The molecular formula is C17H23FN2O4S. The van der Waals surface area contributed by atoms with Gasteiger partial charge in [-0.15, -0.1) is 0 Å². The summed E-state index contributed by atoms with van der Waals surface area (Å²) < 4.78 is 46.9. The Morgan fingerprint density at radius 2 is 2.20 bits per heavy atom. The van der Waals surface area contributed by atoms with E-state index < -0.39 is 28.1 Å². The number of benzene rings is 1. The lowest BCUT2D eigenvalue weighted by molar-refractivity contribution is -0.135. The first kappa shape index (κ1) is 18.1. The highest BCUT2D eigenvalue weighted by Crippen LogP contribution is 2.32. The number of methoxy groups -OCH3 is 1. The SMILES string of the molecule is COc1cccc(S(=O)(=O)N2CCCC(F)(C(=O)NCC3CC3)C2)c1. The molecule has 0 aromatic heterocycles. The van der Waals surface area contributed by atoms with E-state index in [0.717, 1.165) is 17.1 Å². The van der Waals surface area contributed by atoms with Gasteiger partial charge in [0.1, 0.15) is 5.75 Å². The van der Waals surface area contributed by atoms with Crippen molar-refractivity contribution >= 4 is 15.9 Å². The van der Waals surface area contributed by atoms with Gasteiger partial charge in [-0.2, -0.15) is 4.31 Å². The van der Waals surface area contributed by atoms with Gasteiger partial charge in [0.2, 0.25) is 15.7 Å². The molecule has 138 valence electrons. The molecule has 0 radical (unpaired) electrons. The largest absolute Gasteiger partial charge is 0.497 e. The van der Waals surface area contributed by atoms with Crippen LogP contribution in [0.2, 0.25) is 0 Å². The van der Waals surface area contributed by atoms with Gasteiger partial charge in [0.05, 0.1) is 18.6 Å². The van der Waals surface area contributed by atoms with Gasteiger partial charge in [0.15, 0.2) is 0 Å². The van der Waals surface area contributed by atoms with Crippen molar-refractivity contribution in [2.45, 2.75) is 36.2 Å². The maximum Gasteiger partial charge on any atom is 0.259 e. The van der Waals surface area contributed by atoms with Gasteiger partial charge in [0, 0.05) is 19.2 Å². The highest BCUT2D eigenvalue weighted by atomic mass is 32.2. The Morgan fingerprint density at radius 3 is 2.88 bits per heavy atom. The average Bonchev–Trinajstić information content (AvgIpc) is 3.44. The number of nitrogens with zero attached hydrogens (tertiary/aromatic N) is 1. The van der Waals surface area contributed by atoms with Crippen molar-refractivity contribution in [1.29, 1.82) is 0 Å². The third-order valence-corrected chi connectivity index (χ3v) is 6.58. The second kappa shape index (κ2) is 6.92. The summed E-state index contributed by atoms with van der Waals surface area (Å²) in [6.07, 6.45) is 2.44. The van der Waals surface area contributed by atoms with Crippen molar-refractivity contribution in [1.82, 2.24) is 9.62 Å². The number of halogens is 1.